The molecule has 0 aliphatic rings. The van der Waals surface area contributed by atoms with Crippen LogP contribution in [-0.4, -0.2) is 40.0 Å². The van der Waals surface area contributed by atoms with Crippen LogP contribution in [0.1, 0.15) is 10.5 Å². The van der Waals surface area contributed by atoms with E-state index in [2.05, 4.69) is 15.6 Å². The molecule has 0 saturated carbocycles. The molecular weight excluding hydrogens is 236 g/mol. The number of anilines is 1. The van der Waals surface area contributed by atoms with Gasteiger partial charge in [-0.3, -0.25) is 9.20 Å². The zero-order valence-electron chi connectivity index (χ0n) is 9.67. The molecule has 0 aromatic carbocycles. The number of aromatic nitrogens is 2. The molecule has 2 rings (SSSR count). The number of fused-ring (bicyclic) bond motifs is 1. The van der Waals surface area contributed by atoms with Crippen molar-refractivity contribution in [1.29, 1.82) is 0 Å². The number of amides is 1. The molecule has 3 N–H and O–H groups in total. The summed E-state index contributed by atoms with van der Waals surface area (Å²) < 4.78 is 1.45. The van der Waals surface area contributed by atoms with Crippen molar-refractivity contribution in [3.05, 3.63) is 30.1 Å². The van der Waals surface area contributed by atoms with Gasteiger partial charge in [0.25, 0.3) is 0 Å². The molecule has 0 aliphatic carbocycles. The van der Waals surface area contributed by atoms with Gasteiger partial charge in [-0.1, -0.05) is 6.07 Å². The molecule has 2 heterocycles. The van der Waals surface area contributed by atoms with Crippen LogP contribution in [0.2, 0.25) is 0 Å². The number of likely N-dealkylation sites (N-methyl/N-ethyl adjacent to an activating group) is 1. The fourth-order valence-corrected chi connectivity index (χ4v) is 1.58. The smallest absolute Gasteiger partial charge is 0.356 e. The number of rotatable bonds is 4. The van der Waals surface area contributed by atoms with E-state index in [1.807, 2.05) is 0 Å². The molecule has 7 heteroatoms. The fourth-order valence-electron chi connectivity index (χ4n) is 1.58. The minimum absolute atomic E-state index is 0.00880. The van der Waals surface area contributed by atoms with Crippen LogP contribution in [0, 0.1) is 0 Å². The second-order valence-corrected chi connectivity index (χ2v) is 3.57. The Kier molecular flexibility index (Phi) is 3.13. The van der Waals surface area contributed by atoms with E-state index < -0.39 is 5.97 Å². The number of pyridine rings is 1. The summed E-state index contributed by atoms with van der Waals surface area (Å²) in [5.41, 5.74) is 0.517. The topological polar surface area (TPSA) is 95.7 Å². The number of carbonyl (C=O) groups excluding carboxylic acids is 1. The van der Waals surface area contributed by atoms with Crippen LogP contribution in [-0.2, 0) is 4.79 Å². The van der Waals surface area contributed by atoms with E-state index in [9.17, 15) is 14.7 Å². The van der Waals surface area contributed by atoms with Gasteiger partial charge in [-0.05, 0) is 12.1 Å². The van der Waals surface area contributed by atoms with E-state index in [4.69, 9.17) is 0 Å². The van der Waals surface area contributed by atoms with Gasteiger partial charge in [-0.25, -0.2) is 9.78 Å². The van der Waals surface area contributed by atoms with Crippen LogP contribution >= 0.6 is 0 Å². The summed E-state index contributed by atoms with van der Waals surface area (Å²) in [5.74, 6) is -1.17. The highest BCUT2D eigenvalue weighted by Gasteiger charge is 2.18. The first kappa shape index (κ1) is 11.9. The summed E-state index contributed by atoms with van der Waals surface area (Å²) >= 11 is 0. The third-order valence-corrected chi connectivity index (χ3v) is 2.43. The molecule has 2 aromatic rings. The van der Waals surface area contributed by atoms with Crippen LogP contribution in [0.4, 0.5) is 5.82 Å². The number of aromatic carboxylic acids is 1. The van der Waals surface area contributed by atoms with Gasteiger partial charge in [0.15, 0.2) is 11.5 Å². The molecule has 0 atom stereocenters. The average Bonchev–Trinajstić information content (AvgIpc) is 2.74. The van der Waals surface area contributed by atoms with Crippen molar-refractivity contribution in [3.63, 3.8) is 0 Å². The van der Waals surface area contributed by atoms with E-state index in [0.29, 0.717) is 5.65 Å². The monoisotopic (exact) mass is 248 g/mol. The summed E-state index contributed by atoms with van der Waals surface area (Å²) in [5, 5.41) is 14.3. The molecule has 1 amide bonds. The largest absolute Gasteiger partial charge is 0.476 e. The lowest BCUT2D eigenvalue weighted by Crippen LogP contribution is -2.26. The van der Waals surface area contributed by atoms with E-state index in [0.717, 1.165) is 0 Å². The molecule has 18 heavy (non-hydrogen) atoms. The molecule has 0 fully saturated rings. The van der Waals surface area contributed by atoms with E-state index >= 15 is 0 Å². The number of nitrogens with one attached hydrogen (secondary N) is 2. The summed E-state index contributed by atoms with van der Waals surface area (Å²) in [6.07, 6.45) is 1.61. The Balaban J connectivity index is 2.40. The third kappa shape index (κ3) is 2.10. The van der Waals surface area contributed by atoms with Crippen LogP contribution in [0.3, 0.4) is 0 Å². The second kappa shape index (κ2) is 4.74. The molecule has 0 aliphatic heterocycles. The fraction of sp³-hybridized carbons (Fsp3) is 0.182. The molecule has 0 bridgehead atoms. The van der Waals surface area contributed by atoms with Gasteiger partial charge in [-0.2, -0.15) is 0 Å². The number of carboxylic acid groups (broad SMARTS) is 1. The molecule has 0 saturated heterocycles. The summed E-state index contributed by atoms with van der Waals surface area (Å²) in [6, 6.07) is 5.16. The predicted octanol–water partition coefficient (Wildman–Crippen LogP) is 0.190. The summed E-state index contributed by atoms with van der Waals surface area (Å²) in [7, 11) is 1.51. The molecular formula is C11H12N4O3. The van der Waals surface area contributed by atoms with Crippen molar-refractivity contribution in [2.45, 2.75) is 0 Å². The van der Waals surface area contributed by atoms with Crippen molar-refractivity contribution in [1.82, 2.24) is 14.7 Å². The standard InChI is InChI=1S/C11H12N4O3/c1-12-8(16)6-13-10-9(11(17)18)15-5-3-2-4-7(15)14-10/h2-5,13H,6H2,1H3,(H,12,16)(H,17,18). The molecule has 2 aromatic heterocycles. The highest BCUT2D eigenvalue weighted by Crippen LogP contribution is 2.17. The Morgan fingerprint density at radius 3 is 2.89 bits per heavy atom. The van der Waals surface area contributed by atoms with Crippen LogP contribution < -0.4 is 10.6 Å². The predicted molar refractivity (Wildman–Crippen MR) is 64.7 cm³/mol. The Morgan fingerprint density at radius 1 is 1.44 bits per heavy atom. The third-order valence-electron chi connectivity index (χ3n) is 2.43. The lowest BCUT2D eigenvalue weighted by molar-refractivity contribution is -0.118. The normalized spacial score (nSPS) is 10.3. The van der Waals surface area contributed by atoms with E-state index in [-0.39, 0.29) is 24.0 Å². The maximum Gasteiger partial charge on any atom is 0.356 e. The van der Waals surface area contributed by atoms with Gasteiger partial charge in [0.2, 0.25) is 5.91 Å². The number of nitrogens with zero attached hydrogens (tertiary/aromatic N) is 2. The highest BCUT2D eigenvalue weighted by atomic mass is 16.4. The van der Waals surface area contributed by atoms with Crippen LogP contribution in [0.5, 0.6) is 0 Å². The number of carboxylic acids is 1. The van der Waals surface area contributed by atoms with Gasteiger partial charge in [0.1, 0.15) is 5.65 Å². The van der Waals surface area contributed by atoms with Crippen LogP contribution in [0.25, 0.3) is 5.65 Å². The molecule has 0 radical (unpaired) electrons. The van der Waals surface area contributed by atoms with Gasteiger partial charge in [0, 0.05) is 13.2 Å². The molecule has 7 nitrogen and oxygen atoms in total. The van der Waals surface area contributed by atoms with Crippen molar-refractivity contribution < 1.29 is 14.7 Å². The first-order valence-corrected chi connectivity index (χ1v) is 5.28. The number of hydrogen-bond acceptors (Lipinski definition) is 4. The van der Waals surface area contributed by atoms with Crippen molar-refractivity contribution >= 4 is 23.3 Å². The van der Waals surface area contributed by atoms with Crippen molar-refractivity contribution in [2.75, 3.05) is 18.9 Å². The first-order valence-electron chi connectivity index (χ1n) is 5.28. The van der Waals surface area contributed by atoms with E-state index in [1.165, 1.54) is 11.4 Å². The minimum Gasteiger partial charge on any atom is -0.476 e. The summed E-state index contributed by atoms with van der Waals surface area (Å²) in [6.45, 7) is -0.0271. The number of hydrogen-bond donors (Lipinski definition) is 3. The second-order valence-electron chi connectivity index (χ2n) is 3.57. The zero-order chi connectivity index (χ0) is 13.1. The number of imidazole rings is 1. The summed E-state index contributed by atoms with van der Waals surface area (Å²) in [4.78, 5) is 26.5. The minimum atomic E-state index is -1.10. The van der Waals surface area contributed by atoms with Gasteiger partial charge in [0.05, 0.1) is 6.54 Å². The van der Waals surface area contributed by atoms with E-state index in [1.54, 1.807) is 24.4 Å². The SMILES string of the molecule is CNC(=O)CNc1nc2ccccn2c1C(=O)O. The highest BCUT2D eigenvalue weighted by molar-refractivity contribution is 5.93. The lowest BCUT2D eigenvalue weighted by atomic mass is 10.4. The van der Waals surface area contributed by atoms with Crippen LogP contribution in [0.15, 0.2) is 24.4 Å². The quantitative estimate of drug-likeness (QED) is 0.717. The first-order chi connectivity index (χ1) is 8.63. The molecule has 0 unspecified atom stereocenters. The van der Waals surface area contributed by atoms with Crippen molar-refractivity contribution in [3.8, 4) is 0 Å². The Labute approximate surface area is 102 Å². The zero-order valence-corrected chi connectivity index (χ0v) is 9.67. The molecule has 0 spiro atoms. The van der Waals surface area contributed by atoms with Crippen molar-refractivity contribution in [2.24, 2.45) is 0 Å². The lowest BCUT2D eigenvalue weighted by Gasteiger charge is -2.03. The Hall–Kier alpha value is -2.57. The molecule has 94 valence electrons. The maximum absolute atomic E-state index is 11.2. The average molecular weight is 248 g/mol. The maximum atomic E-state index is 11.2. The van der Waals surface area contributed by atoms with Gasteiger partial charge < -0.3 is 15.7 Å². The Morgan fingerprint density at radius 2 is 2.22 bits per heavy atom. The van der Waals surface area contributed by atoms with Gasteiger partial charge in [-0.15, -0.1) is 0 Å². The van der Waals surface area contributed by atoms with Gasteiger partial charge >= 0.3 is 5.97 Å². The number of carbonyl (C=O) groups is 2. The Bertz CT molecular complexity index is 605.